The number of amides is 2. The van der Waals surface area contributed by atoms with Gasteiger partial charge in [-0.15, -0.1) is 22.0 Å². The van der Waals surface area contributed by atoms with Gasteiger partial charge in [0.05, 0.1) is 0 Å². The number of aliphatic carboxylic acids is 1. The normalized spacial score (nSPS) is 21.0. The van der Waals surface area contributed by atoms with Gasteiger partial charge in [-0.2, -0.15) is 0 Å². The maximum atomic E-state index is 12.6. The maximum absolute atomic E-state index is 12.6. The van der Waals surface area contributed by atoms with E-state index in [-0.39, 0.29) is 12.2 Å². The average molecular weight is 438 g/mol. The van der Waals surface area contributed by atoms with E-state index in [2.05, 4.69) is 36.4 Å². The third-order valence-corrected chi connectivity index (χ3v) is 6.66. The number of hydrogen-bond donors (Lipinski definition) is 2. The molecule has 2 aliphatic rings. The van der Waals surface area contributed by atoms with Crippen LogP contribution in [0.15, 0.2) is 22.8 Å². The number of fused-ring (bicyclic) bond motifs is 1. The number of β-lactam (4-membered cyclic amide) rings is 1. The van der Waals surface area contributed by atoms with Crippen molar-refractivity contribution in [2.24, 2.45) is 7.05 Å². The van der Waals surface area contributed by atoms with Gasteiger partial charge in [0, 0.05) is 18.6 Å². The van der Waals surface area contributed by atoms with Gasteiger partial charge in [0.15, 0.2) is 0 Å². The van der Waals surface area contributed by atoms with E-state index in [0.29, 0.717) is 22.2 Å². The lowest BCUT2D eigenvalue weighted by molar-refractivity contribution is -0.150. The number of rotatable bonds is 7. The molecule has 2 aliphatic heterocycles. The van der Waals surface area contributed by atoms with E-state index >= 15 is 0 Å². The highest BCUT2D eigenvalue weighted by molar-refractivity contribution is 8.01. The van der Waals surface area contributed by atoms with Crippen LogP contribution >= 0.6 is 23.5 Å². The Bertz CT molecular complexity index is 990. The number of carboxylic acids is 1. The molecule has 0 aromatic carbocycles. The highest BCUT2D eigenvalue weighted by atomic mass is 32.2. The van der Waals surface area contributed by atoms with Crippen molar-refractivity contribution in [1.29, 1.82) is 0 Å². The van der Waals surface area contributed by atoms with Crippen molar-refractivity contribution >= 4 is 41.3 Å². The van der Waals surface area contributed by atoms with Crippen molar-refractivity contribution in [1.82, 2.24) is 50.6 Å². The van der Waals surface area contributed by atoms with Gasteiger partial charge in [0.1, 0.15) is 30.0 Å². The Morgan fingerprint density at radius 2 is 2.21 bits per heavy atom. The number of aromatic nitrogens is 8. The van der Waals surface area contributed by atoms with Crippen LogP contribution in [0.3, 0.4) is 0 Å². The minimum Gasteiger partial charge on any atom is -0.477 e. The molecule has 2 atom stereocenters. The van der Waals surface area contributed by atoms with Crippen LogP contribution in [0.1, 0.15) is 0 Å². The topological polar surface area (TPSA) is 174 Å². The second-order valence-corrected chi connectivity index (χ2v) is 8.14. The van der Waals surface area contributed by atoms with Crippen LogP contribution in [0.5, 0.6) is 0 Å². The molecule has 0 saturated carbocycles. The summed E-state index contributed by atoms with van der Waals surface area (Å²) in [6.45, 7) is -0.135. The van der Waals surface area contributed by atoms with Crippen molar-refractivity contribution < 1.29 is 19.5 Å². The van der Waals surface area contributed by atoms with Gasteiger partial charge in [0.25, 0.3) is 5.91 Å². The highest BCUT2D eigenvalue weighted by Crippen LogP contribution is 2.41. The molecule has 16 heteroatoms. The zero-order chi connectivity index (χ0) is 20.5. The molecule has 2 aromatic heterocycles. The molecular formula is C13H14N10O4S2. The first-order chi connectivity index (χ1) is 14.0. The summed E-state index contributed by atoms with van der Waals surface area (Å²) in [5, 5.41) is 33.9. The molecule has 0 bridgehead atoms. The molecule has 4 heterocycles. The fourth-order valence-corrected chi connectivity index (χ4v) is 5.24. The molecule has 4 rings (SSSR count). The molecular weight excluding hydrogens is 424 g/mol. The van der Waals surface area contributed by atoms with E-state index in [1.54, 1.807) is 7.05 Å². The standard InChI is InChI=1S/C13H14N10O4S2/c1-21-13(16-18-19-21)29-4-6-3-28-11-8(10(25)23(11)9(6)12(26)27)15-7(24)2-22-5-14-17-20-22/h5,8,11H,2-4H2,1H3,(H,15,24)(H,26,27)/t8?,11-/m1/s1. The van der Waals surface area contributed by atoms with Crippen molar-refractivity contribution in [3.05, 3.63) is 17.6 Å². The quantitative estimate of drug-likeness (QED) is 0.351. The summed E-state index contributed by atoms with van der Waals surface area (Å²) < 4.78 is 2.71. The lowest BCUT2D eigenvalue weighted by Gasteiger charge is -2.49. The van der Waals surface area contributed by atoms with Crippen LogP contribution in [0.25, 0.3) is 0 Å². The summed E-state index contributed by atoms with van der Waals surface area (Å²) in [4.78, 5) is 37.8. The Kier molecular flexibility index (Phi) is 5.18. The SMILES string of the molecule is Cn1nnnc1SCC1=C(C(=O)O)N2C(=O)C(NC(=O)Cn3cnnn3)[C@H]2SC1. The molecule has 1 fully saturated rings. The van der Waals surface area contributed by atoms with Crippen molar-refractivity contribution in [3.63, 3.8) is 0 Å². The molecule has 0 radical (unpaired) electrons. The number of carbonyl (C=O) groups is 3. The zero-order valence-corrected chi connectivity index (χ0v) is 16.5. The van der Waals surface area contributed by atoms with Gasteiger partial charge in [-0.25, -0.2) is 14.2 Å². The van der Waals surface area contributed by atoms with E-state index in [4.69, 9.17) is 0 Å². The Labute approximate surface area is 171 Å². The number of thioether (sulfide) groups is 2. The summed E-state index contributed by atoms with van der Waals surface area (Å²) in [5.41, 5.74) is 0.547. The van der Waals surface area contributed by atoms with Crippen LogP contribution in [-0.2, 0) is 28.0 Å². The largest absolute Gasteiger partial charge is 0.477 e. The van der Waals surface area contributed by atoms with Gasteiger partial charge in [0.2, 0.25) is 11.1 Å². The van der Waals surface area contributed by atoms with E-state index in [9.17, 15) is 19.5 Å². The Balaban J connectivity index is 1.45. The number of hydrogen-bond acceptors (Lipinski definition) is 11. The number of aryl methyl sites for hydroxylation is 1. The minimum atomic E-state index is -1.19. The Morgan fingerprint density at radius 3 is 2.86 bits per heavy atom. The maximum Gasteiger partial charge on any atom is 0.352 e. The Morgan fingerprint density at radius 1 is 1.38 bits per heavy atom. The summed E-state index contributed by atoms with van der Waals surface area (Å²) in [7, 11) is 1.68. The molecule has 1 saturated heterocycles. The molecule has 2 N–H and O–H groups in total. The van der Waals surface area contributed by atoms with Crippen LogP contribution in [0.2, 0.25) is 0 Å². The third-order valence-electron chi connectivity index (χ3n) is 4.22. The lowest BCUT2D eigenvalue weighted by Crippen LogP contribution is -2.70. The fraction of sp³-hybridized carbons (Fsp3) is 0.462. The minimum absolute atomic E-state index is 0.0487. The van der Waals surface area contributed by atoms with Crippen molar-refractivity contribution in [3.8, 4) is 0 Å². The summed E-state index contributed by atoms with van der Waals surface area (Å²) in [6.07, 6.45) is 1.28. The number of nitrogens with zero attached hydrogens (tertiary/aromatic N) is 9. The van der Waals surface area contributed by atoms with Gasteiger partial charge in [-0.3, -0.25) is 14.5 Å². The van der Waals surface area contributed by atoms with Crippen LogP contribution in [0.4, 0.5) is 0 Å². The molecule has 0 spiro atoms. The zero-order valence-electron chi connectivity index (χ0n) is 14.9. The summed E-state index contributed by atoms with van der Waals surface area (Å²) >= 11 is 2.68. The van der Waals surface area contributed by atoms with Gasteiger partial charge in [-0.1, -0.05) is 11.8 Å². The molecule has 2 amide bonds. The average Bonchev–Trinajstić information content (AvgIpc) is 3.35. The monoisotopic (exact) mass is 438 g/mol. The predicted molar refractivity (Wildman–Crippen MR) is 97.0 cm³/mol. The molecule has 0 aliphatic carbocycles. The van der Waals surface area contributed by atoms with Gasteiger partial charge < -0.3 is 10.4 Å². The number of carbonyl (C=O) groups excluding carboxylic acids is 2. The highest BCUT2D eigenvalue weighted by Gasteiger charge is 2.54. The van der Waals surface area contributed by atoms with Gasteiger partial charge >= 0.3 is 5.97 Å². The second-order valence-electron chi connectivity index (χ2n) is 6.09. The molecule has 152 valence electrons. The number of nitrogens with one attached hydrogen (secondary N) is 1. The van der Waals surface area contributed by atoms with E-state index in [1.807, 2.05) is 0 Å². The van der Waals surface area contributed by atoms with Gasteiger partial charge in [-0.05, 0) is 26.4 Å². The first kappa shape index (κ1) is 19.3. The second kappa shape index (κ2) is 7.78. The van der Waals surface area contributed by atoms with E-state index < -0.39 is 29.2 Å². The third kappa shape index (κ3) is 3.67. The number of carboxylic acid groups (broad SMARTS) is 1. The first-order valence-corrected chi connectivity index (χ1v) is 10.2. The van der Waals surface area contributed by atoms with Crippen LogP contribution < -0.4 is 5.32 Å². The predicted octanol–water partition coefficient (Wildman–Crippen LogP) is -2.27. The van der Waals surface area contributed by atoms with Crippen LogP contribution in [-0.4, -0.2) is 91.1 Å². The lowest BCUT2D eigenvalue weighted by atomic mass is 10.0. The molecule has 1 unspecified atom stereocenters. The smallest absolute Gasteiger partial charge is 0.352 e. The van der Waals surface area contributed by atoms with E-state index in [0.717, 1.165) is 0 Å². The molecule has 29 heavy (non-hydrogen) atoms. The molecule has 2 aromatic rings. The Hall–Kier alpha value is -3.01. The van der Waals surface area contributed by atoms with Crippen molar-refractivity contribution in [2.75, 3.05) is 11.5 Å². The fourth-order valence-electron chi connectivity index (χ4n) is 2.91. The van der Waals surface area contributed by atoms with E-state index in [1.165, 1.54) is 44.1 Å². The van der Waals surface area contributed by atoms with Crippen LogP contribution in [0, 0.1) is 0 Å². The van der Waals surface area contributed by atoms with Crippen molar-refractivity contribution in [2.45, 2.75) is 23.1 Å². The number of tetrazole rings is 2. The summed E-state index contributed by atoms with van der Waals surface area (Å²) in [5.74, 6) is -1.35. The molecule has 14 nitrogen and oxygen atoms in total. The first-order valence-electron chi connectivity index (χ1n) is 8.21. The summed E-state index contributed by atoms with van der Waals surface area (Å²) in [6, 6.07) is -0.796.